The molecule has 0 saturated carbocycles. The summed E-state index contributed by atoms with van der Waals surface area (Å²) in [6.45, 7) is 9.26. The van der Waals surface area contributed by atoms with E-state index >= 15 is 0 Å². The number of halogens is 1. The Kier molecular flexibility index (Phi) is 6.83. The van der Waals surface area contributed by atoms with Gasteiger partial charge >= 0.3 is 0 Å². The molecule has 0 aliphatic carbocycles. The molecule has 2 heterocycles. The first-order chi connectivity index (χ1) is 14.5. The van der Waals surface area contributed by atoms with Crippen LogP contribution in [0.3, 0.4) is 0 Å². The van der Waals surface area contributed by atoms with Gasteiger partial charge in [-0.15, -0.1) is 0 Å². The average Bonchev–Trinajstić information content (AvgIpc) is 3.21. The van der Waals surface area contributed by atoms with Gasteiger partial charge in [-0.2, -0.15) is 0 Å². The van der Waals surface area contributed by atoms with Gasteiger partial charge in [-0.3, -0.25) is 14.6 Å². The second-order valence-electron chi connectivity index (χ2n) is 7.65. The van der Waals surface area contributed by atoms with Crippen LogP contribution in [0.4, 0.5) is 5.13 Å². The Labute approximate surface area is 189 Å². The number of ether oxygens (including phenoxy) is 1. The molecule has 3 aromatic rings. The normalized spacial score (nSPS) is 14.9. The number of benzene rings is 2. The van der Waals surface area contributed by atoms with Gasteiger partial charge in [0.15, 0.2) is 5.13 Å². The molecule has 0 atom stereocenters. The SMILES string of the molecule is Cc1ccc(C)c2sc(N(CCCN3CCOCC3)C(=O)c3cccc(Br)c3)nc12. The zero-order valence-corrected chi connectivity index (χ0v) is 19.8. The number of thiazole rings is 1. The molecule has 0 radical (unpaired) electrons. The summed E-state index contributed by atoms with van der Waals surface area (Å²) in [6.07, 6.45) is 0.896. The summed E-state index contributed by atoms with van der Waals surface area (Å²) in [5, 5.41) is 0.773. The number of amides is 1. The van der Waals surface area contributed by atoms with Gasteiger partial charge in [-0.1, -0.05) is 45.5 Å². The molecular formula is C23H26BrN3O2S. The Morgan fingerprint density at radius 1 is 1.20 bits per heavy atom. The highest BCUT2D eigenvalue weighted by molar-refractivity contribution is 9.10. The molecule has 0 spiro atoms. The van der Waals surface area contributed by atoms with Gasteiger partial charge in [-0.05, 0) is 49.6 Å². The number of nitrogens with zero attached hydrogens (tertiary/aromatic N) is 3. The number of anilines is 1. The molecule has 1 fully saturated rings. The maximum atomic E-state index is 13.5. The van der Waals surface area contributed by atoms with Crippen molar-refractivity contribution in [2.45, 2.75) is 20.3 Å². The molecular weight excluding hydrogens is 462 g/mol. The van der Waals surface area contributed by atoms with Crippen LogP contribution in [0, 0.1) is 13.8 Å². The molecule has 2 aromatic carbocycles. The number of aromatic nitrogens is 1. The van der Waals surface area contributed by atoms with E-state index in [0.717, 1.165) is 64.7 Å². The summed E-state index contributed by atoms with van der Waals surface area (Å²) >= 11 is 5.09. The minimum Gasteiger partial charge on any atom is -0.379 e. The molecule has 1 aromatic heterocycles. The maximum Gasteiger partial charge on any atom is 0.260 e. The standard InChI is InChI=1S/C23H26BrN3O2S/c1-16-7-8-17(2)21-20(16)25-23(30-21)27(10-4-9-26-11-13-29-14-12-26)22(28)18-5-3-6-19(24)15-18/h3,5-8,15H,4,9-14H2,1-2H3. The van der Waals surface area contributed by atoms with Gasteiger partial charge in [-0.25, -0.2) is 4.98 Å². The Balaban J connectivity index is 1.61. The summed E-state index contributed by atoms with van der Waals surface area (Å²) < 4.78 is 7.50. The van der Waals surface area contributed by atoms with Crippen LogP contribution >= 0.6 is 27.3 Å². The number of rotatable bonds is 6. The summed E-state index contributed by atoms with van der Waals surface area (Å²) in [5.41, 5.74) is 4.00. The van der Waals surface area contributed by atoms with Crippen molar-refractivity contribution in [1.29, 1.82) is 0 Å². The van der Waals surface area contributed by atoms with E-state index in [9.17, 15) is 4.79 Å². The number of hydrogen-bond donors (Lipinski definition) is 0. The molecule has 5 nitrogen and oxygen atoms in total. The molecule has 0 unspecified atom stereocenters. The fourth-order valence-corrected chi connectivity index (χ4v) is 5.24. The second kappa shape index (κ2) is 9.56. The van der Waals surface area contributed by atoms with Crippen molar-refractivity contribution in [1.82, 2.24) is 9.88 Å². The van der Waals surface area contributed by atoms with Crippen molar-refractivity contribution in [2.75, 3.05) is 44.3 Å². The van der Waals surface area contributed by atoms with Crippen LogP contribution < -0.4 is 4.90 Å². The third kappa shape index (κ3) is 4.75. The molecule has 4 rings (SSSR count). The van der Waals surface area contributed by atoms with Crippen molar-refractivity contribution >= 4 is 48.5 Å². The summed E-state index contributed by atoms with van der Waals surface area (Å²) in [6, 6.07) is 11.8. The van der Waals surface area contributed by atoms with Gasteiger partial charge in [0.1, 0.15) is 0 Å². The third-order valence-electron chi connectivity index (χ3n) is 5.44. The van der Waals surface area contributed by atoms with E-state index in [1.165, 1.54) is 5.56 Å². The largest absolute Gasteiger partial charge is 0.379 e. The average molecular weight is 488 g/mol. The van der Waals surface area contributed by atoms with E-state index in [-0.39, 0.29) is 5.91 Å². The van der Waals surface area contributed by atoms with E-state index in [1.54, 1.807) is 11.3 Å². The first-order valence-electron chi connectivity index (χ1n) is 10.3. The van der Waals surface area contributed by atoms with E-state index < -0.39 is 0 Å². The van der Waals surface area contributed by atoms with Gasteiger partial charge < -0.3 is 4.74 Å². The monoisotopic (exact) mass is 487 g/mol. The maximum absolute atomic E-state index is 13.5. The highest BCUT2D eigenvalue weighted by Crippen LogP contribution is 2.34. The topological polar surface area (TPSA) is 45.7 Å². The van der Waals surface area contributed by atoms with Crippen LogP contribution in [0.1, 0.15) is 27.9 Å². The lowest BCUT2D eigenvalue weighted by atomic mass is 10.1. The lowest BCUT2D eigenvalue weighted by molar-refractivity contribution is 0.0376. The van der Waals surface area contributed by atoms with Crippen molar-refractivity contribution in [2.24, 2.45) is 0 Å². The van der Waals surface area contributed by atoms with Gasteiger partial charge in [0.25, 0.3) is 5.91 Å². The second-order valence-corrected chi connectivity index (χ2v) is 9.54. The van der Waals surface area contributed by atoms with Crippen molar-refractivity contribution in [3.8, 4) is 0 Å². The van der Waals surface area contributed by atoms with Crippen LogP contribution in [-0.4, -0.2) is 55.2 Å². The van der Waals surface area contributed by atoms with Gasteiger partial charge in [0.05, 0.1) is 23.4 Å². The highest BCUT2D eigenvalue weighted by Gasteiger charge is 2.23. The molecule has 1 aliphatic heterocycles. The number of morpholine rings is 1. The van der Waals surface area contributed by atoms with E-state index in [2.05, 4.69) is 46.8 Å². The quantitative estimate of drug-likeness (QED) is 0.488. The van der Waals surface area contributed by atoms with Gasteiger partial charge in [0, 0.05) is 36.2 Å². The van der Waals surface area contributed by atoms with Crippen LogP contribution in [0.15, 0.2) is 40.9 Å². The molecule has 30 heavy (non-hydrogen) atoms. The van der Waals surface area contributed by atoms with Crippen LogP contribution in [0.2, 0.25) is 0 Å². The number of aryl methyl sites for hydroxylation is 2. The number of carbonyl (C=O) groups is 1. The van der Waals surface area contributed by atoms with Crippen molar-refractivity contribution < 1.29 is 9.53 Å². The van der Waals surface area contributed by atoms with Crippen LogP contribution in [0.25, 0.3) is 10.2 Å². The van der Waals surface area contributed by atoms with Crippen molar-refractivity contribution in [3.63, 3.8) is 0 Å². The highest BCUT2D eigenvalue weighted by atomic mass is 79.9. The Morgan fingerprint density at radius 2 is 1.97 bits per heavy atom. The van der Waals surface area contributed by atoms with Crippen LogP contribution in [-0.2, 0) is 4.74 Å². The molecule has 1 aliphatic rings. The van der Waals surface area contributed by atoms with Crippen LogP contribution in [0.5, 0.6) is 0 Å². The smallest absolute Gasteiger partial charge is 0.260 e. The summed E-state index contributed by atoms with van der Waals surface area (Å²) in [7, 11) is 0. The molecule has 1 saturated heterocycles. The Bertz CT molecular complexity index is 1010. The molecule has 7 heteroatoms. The number of hydrogen-bond acceptors (Lipinski definition) is 5. The molecule has 0 N–H and O–H groups in total. The zero-order valence-electron chi connectivity index (χ0n) is 17.4. The van der Waals surface area contributed by atoms with Crippen molar-refractivity contribution in [3.05, 3.63) is 57.6 Å². The van der Waals surface area contributed by atoms with E-state index in [0.29, 0.717) is 12.1 Å². The molecule has 0 bridgehead atoms. The molecule has 158 valence electrons. The third-order valence-corrected chi connectivity index (χ3v) is 7.15. The minimum atomic E-state index is -0.00682. The number of carbonyl (C=O) groups excluding carboxylic acids is 1. The minimum absolute atomic E-state index is 0.00682. The Hall–Kier alpha value is -1.80. The van der Waals surface area contributed by atoms with E-state index in [1.807, 2.05) is 29.2 Å². The first kappa shape index (κ1) is 21.4. The fraction of sp³-hybridized carbons (Fsp3) is 0.391. The Morgan fingerprint density at radius 3 is 2.70 bits per heavy atom. The fourth-order valence-electron chi connectivity index (χ4n) is 3.70. The predicted molar refractivity (Wildman–Crippen MR) is 127 cm³/mol. The first-order valence-corrected chi connectivity index (χ1v) is 11.9. The van der Waals surface area contributed by atoms with Gasteiger partial charge in [0.2, 0.25) is 0 Å². The lowest BCUT2D eigenvalue weighted by Gasteiger charge is -2.27. The summed E-state index contributed by atoms with van der Waals surface area (Å²) in [5.74, 6) is -0.00682. The number of fused-ring (bicyclic) bond motifs is 1. The lowest BCUT2D eigenvalue weighted by Crippen LogP contribution is -2.39. The van der Waals surface area contributed by atoms with E-state index in [4.69, 9.17) is 9.72 Å². The summed E-state index contributed by atoms with van der Waals surface area (Å²) in [4.78, 5) is 22.6. The zero-order chi connectivity index (χ0) is 21.1. The predicted octanol–water partition coefficient (Wildman–Crippen LogP) is 5.04. The molecule has 1 amide bonds.